The van der Waals surface area contributed by atoms with Gasteiger partial charge in [-0.15, -0.1) is 45.3 Å². The standard InChI is InChI=1S/C20H18ClNOS.C20H19NO3S.2C19H18N2O2S/c1-13(2)14-4-3-5-15(12-14)18-10-11-19(24-18)20(23)22-17-8-6-16(21)7-9-17;1-13(2)24-17-9-3-14(4-10-17)18-11-12-19(25-18)20(23)21-15-5-7-16(22)8-6-15;1-13(2)23-16-5-3-14(4-6-16)17-7-8-18(24-17)19(22)21-15-9-11-20-12-10-15;1-13(2)23-16-7-5-14(6-8-16)17-9-10-18(24-17)19(22)21-15-4-3-11-20-12-15/h3-13H,1-2H3,(H,22,23);3-13,22H,1-2H3,(H,21,23);3-13H,1-2H3,(H,20,21,22);3-13H,1-2H3,(H,21,22). The molecule has 12 aromatic rings. The van der Waals surface area contributed by atoms with E-state index >= 15 is 0 Å². The van der Waals surface area contributed by atoms with Crippen molar-refractivity contribution >= 4 is 103 Å². The lowest BCUT2D eigenvalue weighted by Crippen LogP contribution is -2.09. The van der Waals surface area contributed by atoms with Crippen LogP contribution in [0.2, 0.25) is 5.02 Å². The third-order valence-electron chi connectivity index (χ3n) is 13.8. The molecule has 6 heterocycles. The molecule has 0 aliphatic heterocycles. The number of benzene rings is 6. The number of nitrogens with one attached hydrogen (secondary N) is 4. The average Bonchev–Trinajstić information content (AvgIpc) is 1.79. The number of carbonyl (C=O) groups is 4. The summed E-state index contributed by atoms with van der Waals surface area (Å²) in [7, 11) is 0. The molecule has 19 heteroatoms. The zero-order valence-corrected chi connectivity index (χ0v) is 58.6. The summed E-state index contributed by atoms with van der Waals surface area (Å²) in [5.74, 6) is 2.67. The molecule has 12 rings (SSSR count). The molecule has 0 fully saturated rings. The first-order chi connectivity index (χ1) is 46.8. The molecule has 0 bridgehead atoms. The number of aromatic nitrogens is 2. The van der Waals surface area contributed by atoms with Crippen molar-refractivity contribution in [1.82, 2.24) is 9.97 Å². The molecule has 494 valence electrons. The Kier molecular flexibility index (Phi) is 25.6. The number of ether oxygens (including phenoxy) is 3. The molecule has 97 heavy (non-hydrogen) atoms. The van der Waals surface area contributed by atoms with E-state index < -0.39 is 0 Å². The minimum absolute atomic E-state index is 0.103. The second-order valence-electron chi connectivity index (χ2n) is 22.9. The van der Waals surface area contributed by atoms with Crippen LogP contribution in [-0.4, -0.2) is 57.0 Å². The highest BCUT2D eigenvalue weighted by Crippen LogP contribution is 2.35. The largest absolute Gasteiger partial charge is 0.508 e. The van der Waals surface area contributed by atoms with Crippen LogP contribution in [0.15, 0.2) is 243 Å². The maximum absolute atomic E-state index is 12.4. The Morgan fingerprint density at radius 1 is 0.371 bits per heavy atom. The molecule has 6 aromatic heterocycles. The fourth-order valence-electron chi connectivity index (χ4n) is 9.14. The Bertz CT molecular complexity index is 4340. The van der Waals surface area contributed by atoms with Crippen LogP contribution in [0.3, 0.4) is 0 Å². The number of phenolic OH excluding ortho intramolecular Hbond substituents is 1. The van der Waals surface area contributed by atoms with Gasteiger partial charge in [0.2, 0.25) is 0 Å². The predicted octanol–water partition coefficient (Wildman–Crippen LogP) is 21.3. The van der Waals surface area contributed by atoms with Gasteiger partial charge >= 0.3 is 0 Å². The minimum atomic E-state index is -0.165. The molecule has 0 aliphatic carbocycles. The molecular weight excluding hydrogens is 1310 g/mol. The van der Waals surface area contributed by atoms with Gasteiger partial charge in [-0.2, -0.15) is 0 Å². The van der Waals surface area contributed by atoms with Crippen molar-refractivity contribution in [2.24, 2.45) is 0 Å². The van der Waals surface area contributed by atoms with Gasteiger partial charge in [0, 0.05) is 60.2 Å². The van der Waals surface area contributed by atoms with Crippen LogP contribution in [0.1, 0.15) is 106 Å². The molecule has 0 aliphatic rings. The Morgan fingerprint density at radius 3 is 1.09 bits per heavy atom. The van der Waals surface area contributed by atoms with Crippen molar-refractivity contribution in [2.75, 3.05) is 21.3 Å². The number of rotatable bonds is 19. The normalized spacial score (nSPS) is 10.7. The summed E-state index contributed by atoms with van der Waals surface area (Å²) in [5, 5.41) is 21.4. The van der Waals surface area contributed by atoms with Gasteiger partial charge in [0.15, 0.2) is 0 Å². The molecule has 0 unspecified atom stereocenters. The summed E-state index contributed by atoms with van der Waals surface area (Å²) in [5.41, 5.74) is 8.44. The van der Waals surface area contributed by atoms with Crippen molar-refractivity contribution < 1.29 is 38.5 Å². The number of aromatic hydroxyl groups is 1. The van der Waals surface area contributed by atoms with E-state index in [9.17, 15) is 24.3 Å². The molecule has 6 aromatic carbocycles. The van der Waals surface area contributed by atoms with E-state index in [1.165, 1.54) is 63.0 Å². The van der Waals surface area contributed by atoms with Crippen molar-refractivity contribution in [3.05, 3.63) is 273 Å². The quantitative estimate of drug-likeness (QED) is 0.0487. The van der Waals surface area contributed by atoms with Crippen LogP contribution in [0.25, 0.3) is 41.8 Å². The van der Waals surface area contributed by atoms with E-state index in [-0.39, 0.29) is 47.7 Å². The number of thiophene rings is 4. The van der Waals surface area contributed by atoms with E-state index in [0.29, 0.717) is 41.8 Å². The summed E-state index contributed by atoms with van der Waals surface area (Å²) in [6.45, 7) is 16.3. The van der Waals surface area contributed by atoms with Gasteiger partial charge in [-0.25, -0.2) is 0 Å². The second kappa shape index (κ2) is 35.0. The van der Waals surface area contributed by atoms with Crippen LogP contribution in [0.4, 0.5) is 22.7 Å². The molecule has 5 N–H and O–H groups in total. The van der Waals surface area contributed by atoms with Crippen LogP contribution >= 0.6 is 56.9 Å². The highest BCUT2D eigenvalue weighted by molar-refractivity contribution is 7.18. The maximum atomic E-state index is 12.4. The Hall–Kier alpha value is -10.2. The van der Waals surface area contributed by atoms with Gasteiger partial charge in [0.25, 0.3) is 23.6 Å². The second-order valence-corrected chi connectivity index (χ2v) is 27.6. The molecule has 14 nitrogen and oxygen atoms in total. The summed E-state index contributed by atoms with van der Waals surface area (Å²) in [6, 6.07) is 68.0. The number of carbonyl (C=O) groups excluding carboxylic acids is 4. The van der Waals surface area contributed by atoms with Gasteiger partial charge in [-0.1, -0.05) is 49.7 Å². The lowest BCUT2D eigenvalue weighted by molar-refractivity contribution is 0.102. The maximum Gasteiger partial charge on any atom is 0.265 e. The van der Waals surface area contributed by atoms with E-state index in [1.54, 1.807) is 79.4 Å². The summed E-state index contributed by atoms with van der Waals surface area (Å²) in [4.78, 5) is 64.1. The number of hydrogen-bond acceptors (Lipinski definition) is 14. The van der Waals surface area contributed by atoms with Crippen molar-refractivity contribution in [2.45, 2.75) is 79.6 Å². The third kappa shape index (κ3) is 21.9. The molecule has 0 spiro atoms. The molecular formula is C78H73ClN6O8S4. The van der Waals surface area contributed by atoms with E-state index in [2.05, 4.69) is 69.3 Å². The van der Waals surface area contributed by atoms with Crippen LogP contribution in [0, 0.1) is 0 Å². The number of halogens is 1. The monoisotopic (exact) mass is 1380 g/mol. The predicted molar refractivity (Wildman–Crippen MR) is 400 cm³/mol. The first kappa shape index (κ1) is 71.1. The highest BCUT2D eigenvalue weighted by atomic mass is 35.5. The molecule has 0 saturated carbocycles. The zero-order valence-electron chi connectivity index (χ0n) is 54.6. The number of amides is 4. The van der Waals surface area contributed by atoms with Gasteiger partial charge < -0.3 is 40.6 Å². The average molecular weight is 1390 g/mol. The number of anilines is 4. The fraction of sp³-hybridized carbons (Fsp3) is 0.154. The van der Waals surface area contributed by atoms with Crippen molar-refractivity contribution in [3.8, 4) is 64.8 Å². The summed E-state index contributed by atoms with van der Waals surface area (Å²) < 4.78 is 16.9. The van der Waals surface area contributed by atoms with Gasteiger partial charge in [0.1, 0.15) is 23.0 Å². The van der Waals surface area contributed by atoms with Crippen LogP contribution in [-0.2, 0) is 0 Å². The first-order valence-corrected chi connectivity index (χ1v) is 34.8. The van der Waals surface area contributed by atoms with E-state index in [0.717, 1.165) is 70.4 Å². The molecule has 0 saturated heterocycles. The summed E-state index contributed by atoms with van der Waals surface area (Å²) >= 11 is 11.7. The number of pyridine rings is 2. The Morgan fingerprint density at radius 2 is 0.732 bits per heavy atom. The van der Waals surface area contributed by atoms with Gasteiger partial charge in [-0.05, 0) is 269 Å². The summed E-state index contributed by atoms with van der Waals surface area (Å²) in [6.07, 6.45) is 7.04. The van der Waals surface area contributed by atoms with Crippen molar-refractivity contribution in [1.29, 1.82) is 0 Å². The topological polar surface area (TPSA) is 190 Å². The lowest BCUT2D eigenvalue weighted by atomic mass is 10.0. The van der Waals surface area contributed by atoms with Crippen LogP contribution in [0.5, 0.6) is 23.0 Å². The van der Waals surface area contributed by atoms with Crippen molar-refractivity contribution in [3.63, 3.8) is 0 Å². The third-order valence-corrected chi connectivity index (χ3v) is 18.6. The first-order valence-electron chi connectivity index (χ1n) is 31.2. The van der Waals surface area contributed by atoms with Gasteiger partial charge in [0.05, 0.1) is 49.7 Å². The van der Waals surface area contributed by atoms with E-state index in [1.807, 2.05) is 169 Å². The SMILES string of the molecule is CC(C)Oc1ccc(-c2ccc(C(=O)Nc3ccc(O)cc3)s2)cc1.CC(C)Oc1ccc(-c2ccc(C(=O)Nc3cccnc3)s2)cc1.CC(C)Oc1ccc(-c2ccc(C(=O)Nc3ccncc3)s2)cc1.CC(C)c1cccc(-c2ccc(C(=O)Nc3ccc(Cl)cc3)s2)c1. The Balaban J connectivity index is 0.000000152. The van der Waals surface area contributed by atoms with Gasteiger partial charge in [-0.3, -0.25) is 29.1 Å². The Labute approximate surface area is 586 Å². The number of phenols is 1. The number of hydrogen-bond donors (Lipinski definition) is 5. The minimum Gasteiger partial charge on any atom is -0.508 e. The smallest absolute Gasteiger partial charge is 0.265 e. The van der Waals surface area contributed by atoms with E-state index in [4.69, 9.17) is 25.8 Å². The molecule has 0 radical (unpaired) electrons. The van der Waals surface area contributed by atoms with Crippen LogP contribution < -0.4 is 35.5 Å². The zero-order chi connectivity index (χ0) is 68.8. The molecule has 4 amide bonds. The number of nitrogens with zero attached hydrogens (tertiary/aromatic N) is 2. The highest BCUT2D eigenvalue weighted by Gasteiger charge is 2.16. The molecule has 0 atom stereocenters. The fourth-order valence-corrected chi connectivity index (χ4v) is 12.9. The lowest BCUT2D eigenvalue weighted by Gasteiger charge is -2.09.